The van der Waals surface area contributed by atoms with Gasteiger partial charge in [-0.25, -0.2) is 0 Å². The monoisotopic (exact) mass is 373 g/mol. The van der Waals surface area contributed by atoms with Gasteiger partial charge in [-0.2, -0.15) is 5.26 Å². The summed E-state index contributed by atoms with van der Waals surface area (Å²) in [5.74, 6) is -1.50. The molecule has 0 heterocycles. The first-order valence-electron chi connectivity index (χ1n) is 7.09. The molecule has 0 aliphatic carbocycles. The average Bonchev–Trinajstić information content (AvgIpc) is 2.62. The first-order chi connectivity index (χ1) is 12.3. The quantitative estimate of drug-likeness (QED) is 0.357. The summed E-state index contributed by atoms with van der Waals surface area (Å²) in [6, 6.07) is 10.3. The fourth-order valence-electron chi connectivity index (χ4n) is 2.04. The summed E-state index contributed by atoms with van der Waals surface area (Å²) in [4.78, 5) is 22.4. The van der Waals surface area contributed by atoms with E-state index in [-0.39, 0.29) is 16.9 Å². The molecule has 26 heavy (non-hydrogen) atoms. The number of anilines is 1. The number of carbonyl (C=O) groups excluding carboxylic acids is 1. The van der Waals surface area contributed by atoms with Gasteiger partial charge in [-0.3, -0.25) is 14.9 Å². The molecular formula is C17H12ClN3O5. The lowest BCUT2D eigenvalue weighted by molar-refractivity contribution is -0.386. The van der Waals surface area contributed by atoms with Crippen LogP contribution in [-0.4, -0.2) is 23.0 Å². The Kier molecular flexibility index (Phi) is 5.78. The molecule has 2 aromatic carbocycles. The van der Waals surface area contributed by atoms with Crippen LogP contribution in [0.3, 0.4) is 0 Å². The number of methoxy groups -OCH3 is 1. The smallest absolute Gasteiger partial charge is 0.315 e. The number of rotatable bonds is 5. The van der Waals surface area contributed by atoms with Gasteiger partial charge in [0.2, 0.25) is 5.75 Å². The van der Waals surface area contributed by atoms with Crippen LogP contribution in [0.5, 0.6) is 11.5 Å². The number of nitro groups is 1. The number of aromatic hydroxyl groups is 1. The van der Waals surface area contributed by atoms with Crippen molar-refractivity contribution in [3.8, 4) is 17.6 Å². The summed E-state index contributed by atoms with van der Waals surface area (Å²) in [5, 5.41) is 33.0. The number of hydrogen-bond donors (Lipinski definition) is 2. The number of nitro benzene ring substituents is 1. The average molecular weight is 374 g/mol. The van der Waals surface area contributed by atoms with E-state index in [1.165, 1.54) is 13.2 Å². The third-order valence-electron chi connectivity index (χ3n) is 3.27. The van der Waals surface area contributed by atoms with Crippen molar-refractivity contribution >= 4 is 35.0 Å². The van der Waals surface area contributed by atoms with Crippen molar-refractivity contribution in [3.63, 3.8) is 0 Å². The van der Waals surface area contributed by atoms with Crippen molar-refractivity contribution < 1.29 is 19.6 Å². The molecule has 2 N–H and O–H groups in total. The summed E-state index contributed by atoms with van der Waals surface area (Å²) in [6.45, 7) is 0. The first kappa shape index (κ1) is 18.8. The van der Waals surface area contributed by atoms with Crippen LogP contribution in [0.25, 0.3) is 6.08 Å². The van der Waals surface area contributed by atoms with E-state index >= 15 is 0 Å². The Hall–Kier alpha value is -3.57. The van der Waals surface area contributed by atoms with E-state index < -0.39 is 22.3 Å². The topological polar surface area (TPSA) is 125 Å². The molecule has 0 fully saturated rings. The highest BCUT2D eigenvalue weighted by molar-refractivity contribution is 6.30. The van der Waals surface area contributed by atoms with Gasteiger partial charge in [-0.15, -0.1) is 0 Å². The first-order valence-corrected chi connectivity index (χ1v) is 7.47. The molecule has 132 valence electrons. The lowest BCUT2D eigenvalue weighted by atomic mass is 10.1. The number of ether oxygens (including phenoxy) is 1. The fraction of sp³-hybridized carbons (Fsp3) is 0.0588. The van der Waals surface area contributed by atoms with E-state index in [1.54, 1.807) is 30.3 Å². The molecule has 0 aliphatic heterocycles. The SMILES string of the molecule is COc1cc(C=C(C#N)C(=O)Nc2ccc(Cl)cc2)cc([N+](=O)[O-])c1O. The Morgan fingerprint density at radius 2 is 2.04 bits per heavy atom. The van der Waals surface area contributed by atoms with Crippen molar-refractivity contribution in [1.29, 1.82) is 5.26 Å². The van der Waals surface area contributed by atoms with Crippen molar-refractivity contribution in [2.75, 3.05) is 12.4 Å². The predicted octanol–water partition coefficient (Wildman–Crippen LogP) is 3.51. The highest BCUT2D eigenvalue weighted by Crippen LogP contribution is 2.37. The largest absolute Gasteiger partial charge is 0.500 e. The Balaban J connectivity index is 2.37. The summed E-state index contributed by atoms with van der Waals surface area (Å²) >= 11 is 5.76. The Morgan fingerprint density at radius 3 is 2.58 bits per heavy atom. The maximum atomic E-state index is 12.2. The molecule has 0 spiro atoms. The van der Waals surface area contributed by atoms with E-state index in [2.05, 4.69) is 5.32 Å². The molecule has 0 radical (unpaired) electrons. The molecule has 8 nitrogen and oxygen atoms in total. The molecule has 0 unspecified atom stereocenters. The Labute approximate surface area is 153 Å². The zero-order valence-electron chi connectivity index (χ0n) is 13.4. The third-order valence-corrected chi connectivity index (χ3v) is 3.52. The van der Waals surface area contributed by atoms with Crippen molar-refractivity contribution in [2.45, 2.75) is 0 Å². The molecule has 2 aromatic rings. The van der Waals surface area contributed by atoms with Gasteiger partial charge in [0.15, 0.2) is 5.75 Å². The molecule has 9 heteroatoms. The molecule has 2 rings (SSSR count). The van der Waals surface area contributed by atoms with Crippen molar-refractivity contribution in [2.24, 2.45) is 0 Å². The van der Waals surface area contributed by atoms with Gasteiger partial charge < -0.3 is 15.2 Å². The highest BCUT2D eigenvalue weighted by Gasteiger charge is 2.20. The number of amides is 1. The van der Waals surface area contributed by atoms with Crippen LogP contribution in [-0.2, 0) is 4.79 Å². The maximum absolute atomic E-state index is 12.2. The Morgan fingerprint density at radius 1 is 1.38 bits per heavy atom. The molecule has 0 saturated heterocycles. The van der Waals surface area contributed by atoms with Crippen LogP contribution in [0.1, 0.15) is 5.56 Å². The van der Waals surface area contributed by atoms with Crippen molar-refractivity contribution in [3.05, 3.63) is 62.7 Å². The number of hydrogen-bond acceptors (Lipinski definition) is 6. The molecule has 0 aromatic heterocycles. The summed E-state index contributed by atoms with van der Waals surface area (Å²) < 4.78 is 4.88. The van der Waals surface area contributed by atoms with Gasteiger partial charge in [0.1, 0.15) is 11.6 Å². The van der Waals surface area contributed by atoms with Gasteiger partial charge in [-0.1, -0.05) is 11.6 Å². The summed E-state index contributed by atoms with van der Waals surface area (Å²) in [7, 11) is 1.23. The lowest BCUT2D eigenvalue weighted by Gasteiger charge is -2.07. The number of phenols is 1. The number of carbonyl (C=O) groups is 1. The van der Waals surface area contributed by atoms with Crippen LogP contribution >= 0.6 is 11.6 Å². The number of nitrogens with zero attached hydrogens (tertiary/aromatic N) is 2. The molecule has 0 aliphatic rings. The minimum absolute atomic E-state index is 0.147. The predicted molar refractivity (Wildman–Crippen MR) is 95.0 cm³/mol. The van der Waals surface area contributed by atoms with Gasteiger partial charge in [0.05, 0.1) is 12.0 Å². The van der Waals surface area contributed by atoms with Crippen molar-refractivity contribution in [1.82, 2.24) is 0 Å². The van der Waals surface area contributed by atoms with E-state index in [1.807, 2.05) is 0 Å². The van der Waals surface area contributed by atoms with E-state index in [9.17, 15) is 25.3 Å². The molecular weight excluding hydrogens is 362 g/mol. The van der Waals surface area contributed by atoms with Crippen LogP contribution in [0.2, 0.25) is 5.02 Å². The number of phenolic OH excluding ortho intramolecular Hbond substituents is 1. The number of halogens is 1. The van der Waals surface area contributed by atoms with E-state index in [0.717, 1.165) is 12.1 Å². The fourth-order valence-corrected chi connectivity index (χ4v) is 2.16. The number of benzene rings is 2. The second kappa shape index (κ2) is 8.00. The van der Waals surface area contributed by atoms with Gasteiger partial charge in [0.25, 0.3) is 5.91 Å². The van der Waals surface area contributed by atoms with Crippen LogP contribution in [0.15, 0.2) is 42.0 Å². The maximum Gasteiger partial charge on any atom is 0.315 e. The second-order valence-corrected chi connectivity index (χ2v) is 5.42. The van der Waals surface area contributed by atoms with E-state index in [0.29, 0.717) is 10.7 Å². The zero-order valence-corrected chi connectivity index (χ0v) is 14.1. The molecule has 0 bridgehead atoms. The van der Waals surface area contributed by atoms with Crippen LogP contribution in [0, 0.1) is 21.4 Å². The minimum atomic E-state index is -0.797. The molecule has 0 saturated carbocycles. The second-order valence-electron chi connectivity index (χ2n) is 4.98. The number of nitrogens with one attached hydrogen (secondary N) is 1. The van der Waals surface area contributed by atoms with Gasteiger partial charge >= 0.3 is 5.69 Å². The minimum Gasteiger partial charge on any atom is -0.500 e. The molecule has 0 atom stereocenters. The Bertz CT molecular complexity index is 933. The van der Waals surface area contributed by atoms with Crippen LogP contribution < -0.4 is 10.1 Å². The summed E-state index contributed by atoms with van der Waals surface area (Å²) in [6.07, 6.45) is 1.15. The lowest BCUT2D eigenvalue weighted by Crippen LogP contribution is -2.13. The highest BCUT2D eigenvalue weighted by atomic mass is 35.5. The van der Waals surface area contributed by atoms with Gasteiger partial charge in [-0.05, 0) is 42.0 Å². The van der Waals surface area contributed by atoms with Gasteiger partial charge in [0, 0.05) is 16.8 Å². The third kappa shape index (κ3) is 4.28. The molecule has 1 amide bonds. The standard InChI is InChI=1S/C17H12ClN3O5/c1-26-15-8-10(7-14(16(15)22)21(24)25)6-11(9-19)17(23)20-13-4-2-12(18)3-5-13/h2-8,22H,1H3,(H,20,23). The zero-order chi connectivity index (χ0) is 19.3. The van der Waals surface area contributed by atoms with Crippen LogP contribution in [0.4, 0.5) is 11.4 Å². The number of nitriles is 1. The summed E-state index contributed by atoms with van der Waals surface area (Å²) in [5.41, 5.74) is -0.322. The van der Waals surface area contributed by atoms with E-state index in [4.69, 9.17) is 16.3 Å². The normalized spacial score (nSPS) is 10.7.